The van der Waals surface area contributed by atoms with Crippen LogP contribution in [-0.2, 0) is 0 Å². The van der Waals surface area contributed by atoms with E-state index in [1.54, 1.807) is 19.3 Å². The average Bonchev–Trinajstić information content (AvgIpc) is 3.04. The summed E-state index contributed by atoms with van der Waals surface area (Å²) in [5.74, 6) is 1.36. The van der Waals surface area contributed by atoms with E-state index in [0.717, 1.165) is 10.9 Å². The molecule has 0 N–H and O–H groups in total. The van der Waals surface area contributed by atoms with Gasteiger partial charge in [-0.25, -0.2) is 0 Å². The highest BCUT2D eigenvalue weighted by Crippen LogP contribution is 2.33. The molecule has 0 fully saturated rings. The number of para-hydroxylation sites is 2. The second kappa shape index (κ2) is 7.26. The zero-order valence-corrected chi connectivity index (χ0v) is 14.5. The van der Waals surface area contributed by atoms with Gasteiger partial charge in [-0.15, -0.1) is 0 Å². The van der Waals surface area contributed by atoms with Gasteiger partial charge in [0.25, 0.3) is 0 Å². The fraction of sp³-hybridized carbons (Fsp3) is 0.190. The number of ether oxygens (including phenoxy) is 2. The Hall–Kier alpha value is -3.01. The number of allylic oxidation sites excluding steroid dienone is 1. The highest BCUT2D eigenvalue weighted by Gasteiger charge is 2.12. The number of methoxy groups -OCH3 is 1. The smallest absolute Gasteiger partial charge is 0.221 e. The molecule has 2 aromatic carbocycles. The number of furan rings is 1. The Bertz CT molecular complexity index is 886. The van der Waals surface area contributed by atoms with Crippen LogP contribution in [0.25, 0.3) is 17.0 Å². The number of rotatable bonds is 6. The Morgan fingerprint density at radius 3 is 2.64 bits per heavy atom. The molecule has 25 heavy (non-hydrogen) atoms. The normalized spacial score (nSPS) is 11.4. The van der Waals surface area contributed by atoms with E-state index in [0.29, 0.717) is 22.8 Å². The molecule has 0 bridgehead atoms. The lowest BCUT2D eigenvalue weighted by molar-refractivity contribution is 0.102. The fourth-order valence-corrected chi connectivity index (χ4v) is 2.54. The molecule has 0 aliphatic rings. The van der Waals surface area contributed by atoms with Crippen molar-refractivity contribution in [3.8, 4) is 11.5 Å². The largest absolute Gasteiger partial charge is 0.493 e. The molecule has 4 heteroatoms. The summed E-state index contributed by atoms with van der Waals surface area (Å²) < 4.78 is 16.8. The first-order valence-electron chi connectivity index (χ1n) is 8.13. The number of benzene rings is 2. The molecule has 0 amide bonds. The van der Waals surface area contributed by atoms with E-state index in [9.17, 15) is 4.79 Å². The number of carbonyl (C=O) groups is 1. The molecule has 0 saturated carbocycles. The minimum atomic E-state index is -0.200. The maximum Gasteiger partial charge on any atom is 0.221 e. The third-order valence-corrected chi connectivity index (χ3v) is 3.67. The lowest BCUT2D eigenvalue weighted by Gasteiger charge is -2.15. The highest BCUT2D eigenvalue weighted by molar-refractivity contribution is 6.07. The Morgan fingerprint density at radius 1 is 1.12 bits per heavy atom. The second-order valence-electron chi connectivity index (χ2n) is 5.89. The minimum Gasteiger partial charge on any atom is -0.493 e. The summed E-state index contributed by atoms with van der Waals surface area (Å²) in [5, 5.41) is 0.907. The van der Waals surface area contributed by atoms with Crippen LogP contribution in [0.4, 0.5) is 0 Å². The van der Waals surface area contributed by atoms with Crippen molar-refractivity contribution >= 4 is 22.8 Å². The van der Waals surface area contributed by atoms with Crippen molar-refractivity contribution in [2.24, 2.45) is 0 Å². The maximum atomic E-state index is 12.4. The van der Waals surface area contributed by atoms with Gasteiger partial charge in [0.1, 0.15) is 5.58 Å². The predicted molar refractivity (Wildman–Crippen MR) is 98.3 cm³/mol. The Kier molecular flexibility index (Phi) is 4.89. The van der Waals surface area contributed by atoms with Crippen LogP contribution in [0.1, 0.15) is 30.0 Å². The molecule has 3 rings (SSSR count). The minimum absolute atomic E-state index is 0.00507. The molecule has 1 aromatic heterocycles. The van der Waals surface area contributed by atoms with E-state index in [4.69, 9.17) is 13.9 Å². The molecule has 0 spiro atoms. The van der Waals surface area contributed by atoms with E-state index in [1.165, 1.54) is 6.08 Å². The van der Waals surface area contributed by atoms with Crippen molar-refractivity contribution in [3.05, 3.63) is 65.9 Å². The summed E-state index contributed by atoms with van der Waals surface area (Å²) in [7, 11) is 1.59. The topological polar surface area (TPSA) is 48.7 Å². The fourth-order valence-electron chi connectivity index (χ4n) is 2.54. The molecule has 0 atom stereocenters. The van der Waals surface area contributed by atoms with Crippen LogP contribution in [0.15, 0.2) is 59.0 Å². The molecule has 0 radical (unpaired) electrons. The zero-order chi connectivity index (χ0) is 17.8. The first kappa shape index (κ1) is 16.8. The van der Waals surface area contributed by atoms with Gasteiger partial charge in [0.05, 0.1) is 13.2 Å². The molecule has 0 aliphatic carbocycles. The van der Waals surface area contributed by atoms with Gasteiger partial charge < -0.3 is 13.9 Å². The molecule has 4 nitrogen and oxygen atoms in total. The number of carbonyl (C=O) groups excluding carboxylic acids is 1. The van der Waals surface area contributed by atoms with Crippen LogP contribution in [-0.4, -0.2) is 19.0 Å². The molecule has 0 saturated heterocycles. The molecule has 128 valence electrons. The van der Waals surface area contributed by atoms with Gasteiger partial charge in [0.2, 0.25) is 5.78 Å². The van der Waals surface area contributed by atoms with Gasteiger partial charge >= 0.3 is 0 Å². The number of ketones is 1. The summed E-state index contributed by atoms with van der Waals surface area (Å²) in [5.41, 5.74) is 1.47. The standard InChI is InChI=1S/C21H20O4/c1-14(2)24-21-15(8-6-10-19(21)23-3)11-12-17(22)20-13-16-7-4-5-9-18(16)25-20/h4-14H,1-3H3/b12-11+. The van der Waals surface area contributed by atoms with Gasteiger partial charge in [-0.1, -0.05) is 30.3 Å². The van der Waals surface area contributed by atoms with E-state index in [1.807, 2.05) is 56.3 Å². The second-order valence-corrected chi connectivity index (χ2v) is 5.89. The highest BCUT2D eigenvalue weighted by atomic mass is 16.5. The van der Waals surface area contributed by atoms with Crippen molar-refractivity contribution in [2.45, 2.75) is 20.0 Å². The van der Waals surface area contributed by atoms with Crippen LogP contribution in [0.2, 0.25) is 0 Å². The van der Waals surface area contributed by atoms with Crippen molar-refractivity contribution in [1.29, 1.82) is 0 Å². The van der Waals surface area contributed by atoms with Crippen LogP contribution in [0, 0.1) is 0 Å². The van der Waals surface area contributed by atoms with Gasteiger partial charge in [0, 0.05) is 10.9 Å². The van der Waals surface area contributed by atoms with Crippen LogP contribution in [0.3, 0.4) is 0 Å². The molecular weight excluding hydrogens is 316 g/mol. The van der Waals surface area contributed by atoms with Crippen molar-refractivity contribution in [2.75, 3.05) is 7.11 Å². The summed E-state index contributed by atoms with van der Waals surface area (Å²) in [4.78, 5) is 12.4. The molecule has 1 heterocycles. The predicted octanol–water partition coefficient (Wildman–Crippen LogP) is 5.12. The third kappa shape index (κ3) is 3.74. The SMILES string of the molecule is COc1cccc(/C=C/C(=O)c2cc3ccccc3o2)c1OC(C)C. The monoisotopic (exact) mass is 336 g/mol. The molecule has 3 aromatic rings. The summed E-state index contributed by atoms with van der Waals surface area (Å²) >= 11 is 0. The first-order chi connectivity index (χ1) is 12.1. The Morgan fingerprint density at radius 2 is 1.92 bits per heavy atom. The third-order valence-electron chi connectivity index (χ3n) is 3.67. The van der Waals surface area contributed by atoms with Gasteiger partial charge in [-0.3, -0.25) is 4.79 Å². The van der Waals surface area contributed by atoms with Gasteiger partial charge in [-0.05, 0) is 44.2 Å². The van der Waals surface area contributed by atoms with E-state index < -0.39 is 0 Å². The van der Waals surface area contributed by atoms with Crippen molar-refractivity contribution < 1.29 is 18.7 Å². The summed E-state index contributed by atoms with van der Waals surface area (Å²) in [6, 6.07) is 14.9. The van der Waals surface area contributed by atoms with Crippen LogP contribution in [0.5, 0.6) is 11.5 Å². The average molecular weight is 336 g/mol. The van der Waals surface area contributed by atoms with E-state index in [2.05, 4.69) is 0 Å². The Balaban J connectivity index is 1.89. The summed E-state index contributed by atoms with van der Waals surface area (Å²) in [6.45, 7) is 3.89. The maximum absolute atomic E-state index is 12.4. The molecule has 0 unspecified atom stereocenters. The van der Waals surface area contributed by atoms with Gasteiger partial charge in [-0.2, -0.15) is 0 Å². The molecular formula is C21H20O4. The number of hydrogen-bond donors (Lipinski definition) is 0. The lowest BCUT2D eigenvalue weighted by Crippen LogP contribution is -2.08. The summed E-state index contributed by atoms with van der Waals surface area (Å²) in [6.07, 6.45) is 3.20. The van der Waals surface area contributed by atoms with Crippen molar-refractivity contribution in [3.63, 3.8) is 0 Å². The molecule has 0 aliphatic heterocycles. The quantitative estimate of drug-likeness (QED) is 0.463. The van der Waals surface area contributed by atoms with Gasteiger partial charge in [0.15, 0.2) is 17.3 Å². The number of hydrogen-bond acceptors (Lipinski definition) is 4. The van der Waals surface area contributed by atoms with Crippen LogP contribution < -0.4 is 9.47 Å². The lowest BCUT2D eigenvalue weighted by atomic mass is 10.1. The number of fused-ring (bicyclic) bond motifs is 1. The van der Waals surface area contributed by atoms with E-state index in [-0.39, 0.29) is 11.9 Å². The van der Waals surface area contributed by atoms with E-state index >= 15 is 0 Å². The first-order valence-corrected chi connectivity index (χ1v) is 8.13. The zero-order valence-electron chi connectivity index (χ0n) is 14.5. The van der Waals surface area contributed by atoms with Crippen LogP contribution >= 0.6 is 0 Å². The Labute approximate surface area is 146 Å². The van der Waals surface area contributed by atoms with Crippen molar-refractivity contribution in [1.82, 2.24) is 0 Å².